The van der Waals surface area contributed by atoms with E-state index in [1.165, 1.54) is 0 Å². The van der Waals surface area contributed by atoms with Crippen LogP contribution in [-0.4, -0.2) is 5.11 Å². The first-order valence-electron chi connectivity index (χ1n) is 14.6. The summed E-state index contributed by atoms with van der Waals surface area (Å²) in [5, 5.41) is 11.9. The van der Waals surface area contributed by atoms with Crippen LogP contribution in [0.15, 0.2) is 176 Å². The topological polar surface area (TPSA) is 20.2 Å². The highest BCUT2D eigenvalue weighted by atomic mass is 16.3. The molecule has 0 amide bonds. The van der Waals surface area contributed by atoms with E-state index < -0.39 is 0 Å². The van der Waals surface area contributed by atoms with E-state index in [0.29, 0.717) is 0 Å². The van der Waals surface area contributed by atoms with Gasteiger partial charge in [-0.15, -0.1) is 0 Å². The van der Waals surface area contributed by atoms with Gasteiger partial charge in [-0.25, -0.2) is 0 Å². The number of hydrogen-bond donors (Lipinski definition) is 1. The molecule has 0 aliphatic carbocycles. The number of phenolic OH excluding ortho intramolecular Hbond substituents is 1. The van der Waals surface area contributed by atoms with Gasteiger partial charge in [0, 0.05) is 11.1 Å². The number of para-hydroxylation sites is 1. The van der Waals surface area contributed by atoms with Gasteiger partial charge < -0.3 is 5.11 Å². The molecule has 7 aromatic rings. The average Bonchev–Trinajstić information content (AvgIpc) is 3.09. The predicted octanol–water partition coefficient (Wildman–Crippen LogP) is 11.4. The van der Waals surface area contributed by atoms with Gasteiger partial charge in [0.2, 0.25) is 0 Å². The second-order valence-corrected chi connectivity index (χ2v) is 10.8. The molecule has 0 spiro atoms. The first-order valence-corrected chi connectivity index (χ1v) is 14.6. The summed E-state index contributed by atoms with van der Waals surface area (Å²) in [4.78, 5) is 0. The van der Waals surface area contributed by atoms with Crippen molar-refractivity contribution >= 4 is 0 Å². The molecule has 0 fully saturated rings. The Hall–Kier alpha value is -5.66. The van der Waals surface area contributed by atoms with Gasteiger partial charge in [0.05, 0.1) is 0 Å². The molecule has 0 aliphatic rings. The molecule has 1 heteroatoms. The molecule has 0 saturated carbocycles. The summed E-state index contributed by atoms with van der Waals surface area (Å²) < 4.78 is 0. The minimum atomic E-state index is 0.274. The Kier molecular flexibility index (Phi) is 7.13. The SMILES string of the molecule is Oc1c(-c2cc(-c3ccccc3)cc(-c3ccccc3)c2)cccc1-c1cc(-c2ccccc2)cc(-c2ccccc2)c1. The first-order chi connectivity index (χ1) is 21.2. The third-order valence-corrected chi connectivity index (χ3v) is 7.95. The van der Waals surface area contributed by atoms with Gasteiger partial charge in [0.1, 0.15) is 5.75 Å². The minimum Gasteiger partial charge on any atom is -0.507 e. The number of aromatic hydroxyl groups is 1. The molecule has 0 saturated heterocycles. The lowest BCUT2D eigenvalue weighted by Crippen LogP contribution is -1.90. The van der Waals surface area contributed by atoms with Crippen LogP contribution in [0.3, 0.4) is 0 Å². The molecule has 0 radical (unpaired) electrons. The maximum atomic E-state index is 11.9. The van der Waals surface area contributed by atoms with E-state index in [9.17, 15) is 5.11 Å². The van der Waals surface area contributed by atoms with E-state index >= 15 is 0 Å². The molecule has 1 nitrogen and oxygen atoms in total. The Morgan fingerprint density at radius 3 is 0.767 bits per heavy atom. The molecule has 7 aromatic carbocycles. The molecule has 1 N–H and O–H groups in total. The highest BCUT2D eigenvalue weighted by Gasteiger charge is 2.15. The van der Waals surface area contributed by atoms with Crippen LogP contribution in [0.25, 0.3) is 66.8 Å². The Bertz CT molecular complexity index is 1730. The standard InChI is InChI=1S/C42H30O/c43-42-40(38-26-34(30-14-5-1-6-15-30)24-35(27-38)31-16-7-2-8-17-31)22-13-23-41(42)39-28-36(32-18-9-3-10-19-32)25-37(29-39)33-20-11-4-12-21-33/h1-29,43H. The lowest BCUT2D eigenvalue weighted by atomic mass is 9.89. The molecule has 43 heavy (non-hydrogen) atoms. The second kappa shape index (κ2) is 11.7. The van der Waals surface area contributed by atoms with Crippen LogP contribution in [-0.2, 0) is 0 Å². The van der Waals surface area contributed by atoms with Crippen LogP contribution >= 0.6 is 0 Å². The van der Waals surface area contributed by atoms with Gasteiger partial charge in [0.15, 0.2) is 0 Å². The van der Waals surface area contributed by atoms with Crippen molar-refractivity contribution in [3.63, 3.8) is 0 Å². The fourth-order valence-corrected chi connectivity index (χ4v) is 5.76. The van der Waals surface area contributed by atoms with E-state index in [4.69, 9.17) is 0 Å². The molecule has 7 rings (SSSR count). The maximum Gasteiger partial charge on any atom is 0.131 e. The Labute approximate surface area is 253 Å². The van der Waals surface area contributed by atoms with E-state index in [-0.39, 0.29) is 5.75 Å². The fraction of sp³-hybridized carbons (Fsp3) is 0. The van der Waals surface area contributed by atoms with Crippen molar-refractivity contribution in [2.45, 2.75) is 0 Å². The largest absolute Gasteiger partial charge is 0.507 e. The van der Waals surface area contributed by atoms with Gasteiger partial charge >= 0.3 is 0 Å². The first kappa shape index (κ1) is 26.3. The van der Waals surface area contributed by atoms with Gasteiger partial charge in [-0.1, -0.05) is 140 Å². The van der Waals surface area contributed by atoms with Crippen LogP contribution in [0.5, 0.6) is 5.75 Å². The smallest absolute Gasteiger partial charge is 0.131 e. The highest BCUT2D eigenvalue weighted by Crippen LogP contribution is 2.43. The molecular formula is C42H30O. The number of rotatable bonds is 6. The van der Waals surface area contributed by atoms with Crippen LogP contribution in [0.2, 0.25) is 0 Å². The molecule has 0 heterocycles. The number of benzene rings is 7. The molecule has 0 unspecified atom stereocenters. The number of phenols is 1. The lowest BCUT2D eigenvalue weighted by Gasteiger charge is -2.16. The summed E-state index contributed by atoms with van der Waals surface area (Å²) in [7, 11) is 0. The van der Waals surface area contributed by atoms with Crippen LogP contribution < -0.4 is 0 Å². The summed E-state index contributed by atoms with van der Waals surface area (Å²) in [6.07, 6.45) is 0. The van der Waals surface area contributed by atoms with Gasteiger partial charge in [-0.2, -0.15) is 0 Å². The third kappa shape index (κ3) is 5.49. The summed E-state index contributed by atoms with van der Waals surface area (Å²) in [6.45, 7) is 0. The number of hydrogen-bond acceptors (Lipinski definition) is 1. The Morgan fingerprint density at radius 2 is 0.488 bits per heavy atom. The molecule has 0 aliphatic heterocycles. The van der Waals surface area contributed by atoms with E-state index in [1.54, 1.807) is 0 Å². The molecule has 0 atom stereocenters. The zero-order valence-corrected chi connectivity index (χ0v) is 23.7. The molecule has 0 aromatic heterocycles. The summed E-state index contributed by atoms with van der Waals surface area (Å²) in [5.74, 6) is 0.274. The molecule has 0 bridgehead atoms. The van der Waals surface area contributed by atoms with E-state index in [0.717, 1.165) is 66.8 Å². The van der Waals surface area contributed by atoms with Crippen molar-refractivity contribution in [3.05, 3.63) is 176 Å². The Balaban J connectivity index is 1.41. The fourth-order valence-electron chi connectivity index (χ4n) is 5.76. The van der Waals surface area contributed by atoms with Crippen molar-refractivity contribution in [2.75, 3.05) is 0 Å². The van der Waals surface area contributed by atoms with Gasteiger partial charge in [-0.05, 0) is 92.0 Å². The summed E-state index contributed by atoms with van der Waals surface area (Å²) in [5.41, 5.74) is 12.6. The third-order valence-electron chi connectivity index (χ3n) is 7.95. The quantitative estimate of drug-likeness (QED) is 0.218. The zero-order chi connectivity index (χ0) is 29.0. The minimum absolute atomic E-state index is 0.274. The van der Waals surface area contributed by atoms with Crippen LogP contribution in [0, 0.1) is 0 Å². The van der Waals surface area contributed by atoms with Crippen LogP contribution in [0.4, 0.5) is 0 Å². The molecular weight excluding hydrogens is 520 g/mol. The van der Waals surface area contributed by atoms with Gasteiger partial charge in [0.25, 0.3) is 0 Å². The normalized spacial score (nSPS) is 10.9. The van der Waals surface area contributed by atoms with Crippen molar-refractivity contribution in [1.29, 1.82) is 0 Å². The summed E-state index contributed by atoms with van der Waals surface area (Å²) in [6, 6.07) is 60.9. The van der Waals surface area contributed by atoms with Gasteiger partial charge in [-0.3, -0.25) is 0 Å². The van der Waals surface area contributed by atoms with E-state index in [1.807, 2.05) is 42.5 Å². The summed E-state index contributed by atoms with van der Waals surface area (Å²) >= 11 is 0. The second-order valence-electron chi connectivity index (χ2n) is 10.8. The van der Waals surface area contributed by atoms with Crippen molar-refractivity contribution in [3.8, 4) is 72.5 Å². The predicted molar refractivity (Wildman–Crippen MR) is 181 cm³/mol. The van der Waals surface area contributed by atoms with Crippen molar-refractivity contribution in [1.82, 2.24) is 0 Å². The highest BCUT2D eigenvalue weighted by molar-refractivity contribution is 5.89. The molecule has 204 valence electrons. The Morgan fingerprint density at radius 1 is 0.233 bits per heavy atom. The van der Waals surface area contributed by atoms with Crippen molar-refractivity contribution < 1.29 is 5.11 Å². The zero-order valence-electron chi connectivity index (χ0n) is 23.7. The van der Waals surface area contributed by atoms with E-state index in [2.05, 4.69) is 133 Å². The van der Waals surface area contributed by atoms with Crippen molar-refractivity contribution in [2.24, 2.45) is 0 Å². The average molecular weight is 551 g/mol. The maximum absolute atomic E-state index is 11.9. The monoisotopic (exact) mass is 550 g/mol. The lowest BCUT2D eigenvalue weighted by molar-refractivity contribution is 0.479. The van der Waals surface area contributed by atoms with Crippen LogP contribution in [0.1, 0.15) is 0 Å².